The normalized spacial score (nSPS) is 11.2. The Bertz CT molecular complexity index is 8990. The van der Waals surface area contributed by atoms with Crippen molar-refractivity contribution < 1.29 is 193 Å². The second-order valence-electron chi connectivity index (χ2n) is 33.0. The number of aromatic nitrogens is 24. The van der Waals surface area contributed by atoms with Crippen LogP contribution < -0.4 is 13.7 Å². The van der Waals surface area contributed by atoms with Crippen LogP contribution in [0.2, 0.25) is 0 Å². The minimum atomic E-state index is 0. The molecule has 0 aliphatic rings. The van der Waals surface area contributed by atoms with Gasteiger partial charge in [0.1, 0.15) is 35.1 Å². The zero-order valence-electron chi connectivity index (χ0n) is 77.5. The van der Waals surface area contributed by atoms with E-state index in [-0.39, 0.29) is 126 Å². The van der Waals surface area contributed by atoms with Crippen LogP contribution in [0.15, 0.2) is 295 Å². The summed E-state index contributed by atoms with van der Waals surface area (Å²) < 4.78 is 95.8. The van der Waals surface area contributed by atoms with E-state index in [0.29, 0.717) is 35.3 Å². The van der Waals surface area contributed by atoms with Gasteiger partial charge in [-0.3, -0.25) is 13.7 Å². The first-order valence-electron chi connectivity index (χ1n) is 43.4. The molecule has 30 rings (SSSR count). The molecular formula is C105H66N24O12Pt6-6. The van der Waals surface area contributed by atoms with Crippen molar-refractivity contribution in [2.45, 2.75) is 0 Å². The van der Waals surface area contributed by atoms with E-state index in [0.717, 1.165) is 199 Å². The molecule has 0 aliphatic carbocycles. The van der Waals surface area contributed by atoms with Crippen molar-refractivity contribution in [3.63, 3.8) is 0 Å². The summed E-state index contributed by atoms with van der Waals surface area (Å²) >= 11 is 0. The molecule has 0 radical (unpaired) electrons. The van der Waals surface area contributed by atoms with Crippen molar-refractivity contribution in [1.82, 2.24) is 99.7 Å². The molecule has 24 heterocycles. The summed E-state index contributed by atoms with van der Waals surface area (Å²) in [5.41, 5.74) is 9.81. The summed E-state index contributed by atoms with van der Waals surface area (Å²) in [5.74, 6) is 8.76. The van der Waals surface area contributed by atoms with E-state index in [1.807, 2.05) is 197 Å². The number of benzene rings is 6. The Kier molecular flexibility index (Phi) is 28.0. The molecule has 0 atom stereocenters. The first-order valence-corrected chi connectivity index (χ1v) is 43.4. The summed E-state index contributed by atoms with van der Waals surface area (Å²) in [4.78, 5) is 37.8. The Hall–Kier alpha value is -15.6. The maximum absolute atomic E-state index is 5.73. The van der Waals surface area contributed by atoms with Gasteiger partial charge < -0.3 is 138 Å². The standard InChI is InChI=1S/3C18H12N4O2.3C17H10N4O2.6Pt/c3*1-20-5-6-22(11-20)18-13-8-14-15(17-19-3-4-21(17)2)10-23-16(14)7-12(13)9-24-18;3*1-20-4-3-19-16(20)14-9-22-15-6-11-8-23-17(12(11)7-13(14)15)21-5-2-18-10-21;;;;;;/h3*4-7,9-10H,1-2H3;3*2-6,8-9H,1H3;;;;;;/q6*-2;;;;3*+2. The van der Waals surface area contributed by atoms with E-state index in [1.165, 1.54) is 0 Å². The largest absolute Gasteiger partial charge is 2.00 e. The van der Waals surface area contributed by atoms with E-state index in [2.05, 4.69) is 138 Å². The Morgan fingerprint density at radius 1 is 0.238 bits per heavy atom. The van der Waals surface area contributed by atoms with Gasteiger partial charge in [-0.05, 0) is 86.3 Å². The molecule has 36 nitrogen and oxygen atoms in total. The van der Waals surface area contributed by atoms with E-state index in [1.54, 1.807) is 177 Å². The Balaban J connectivity index is 0.000000110. The maximum Gasteiger partial charge on any atom is 2.00 e. The van der Waals surface area contributed by atoms with Gasteiger partial charge in [-0.25, -0.2) is 15.0 Å². The SMILES string of the molecule is Cn1c[c-]nc1-c1coc2cc3coc(-n4[c-][n+](C)cc4)c3[c-]c12.Cn1c[c-]nc1-c1coc2cc3coc(-n4[c-][n+](C)cc4)c3[c-]c12.Cn1c[c-]nc1-c1coc2cc3coc(-n4[c-][n+](C)cc4)c3[c-]c12.Cn1ccnc1-c1coc2cc3coc(-n4[c-]ncc4)c3[c-]c12.Cn1ccnc1-c1coc2cc3coc(-n4[c-]ncc4)c3[c-]c12.Cn1ccnc1-c1coc2cc3coc(-n4[c-]ncc4)c3[c-]c12.[Pt+2].[Pt+2].[Pt+2].[Pt].[Pt].[Pt]. The third-order valence-electron chi connectivity index (χ3n) is 23.9. The number of aryl methyl sites for hydroxylation is 9. The first kappa shape index (κ1) is 100. The fraction of sp³-hybridized carbons (Fsp3) is 0.0857. The number of rotatable bonds is 12. The van der Waals surface area contributed by atoms with Crippen LogP contribution in [0.5, 0.6) is 0 Å². The molecule has 0 fully saturated rings. The van der Waals surface area contributed by atoms with E-state index in [9.17, 15) is 0 Å². The number of imidazole rings is 12. The summed E-state index contributed by atoms with van der Waals surface area (Å²) in [6.07, 6.45) is 84.9. The summed E-state index contributed by atoms with van der Waals surface area (Å²) in [7, 11) is 17.4. The molecule has 0 N–H and O–H groups in total. The number of furan rings is 12. The first-order chi connectivity index (χ1) is 69.0. The van der Waals surface area contributed by atoms with Gasteiger partial charge >= 0.3 is 63.2 Å². The van der Waals surface area contributed by atoms with Crippen LogP contribution in [0.4, 0.5) is 0 Å². The molecular weight excluding hydrogens is 2960 g/mol. The fourth-order valence-corrected chi connectivity index (χ4v) is 17.0. The van der Waals surface area contributed by atoms with Crippen LogP contribution in [-0.4, -0.2) is 99.7 Å². The average Bonchev–Trinajstić information content (AvgIpc) is 1.63. The summed E-state index contributed by atoms with van der Waals surface area (Å²) in [5, 5.41) is 15.9. The van der Waals surface area contributed by atoms with Crippen molar-refractivity contribution in [3.05, 3.63) is 335 Å². The smallest absolute Gasteiger partial charge is 0.509 e. The van der Waals surface area contributed by atoms with Crippen molar-refractivity contribution in [3.8, 4) is 104 Å². The predicted octanol–water partition coefficient (Wildman–Crippen LogP) is 17.9. The van der Waals surface area contributed by atoms with Crippen molar-refractivity contribution >= 4 is 130 Å². The van der Waals surface area contributed by atoms with Crippen molar-refractivity contribution in [1.29, 1.82) is 0 Å². The van der Waals surface area contributed by atoms with Gasteiger partial charge in [0.2, 0.25) is 36.6 Å². The van der Waals surface area contributed by atoms with Crippen LogP contribution in [0.1, 0.15) is 0 Å². The zero-order chi connectivity index (χ0) is 94.9. The Morgan fingerprint density at radius 3 is 0.633 bits per heavy atom. The van der Waals surface area contributed by atoms with Crippen molar-refractivity contribution in [2.75, 3.05) is 0 Å². The monoisotopic (exact) mass is 3020 g/mol. The fourth-order valence-electron chi connectivity index (χ4n) is 17.0. The van der Waals surface area contributed by atoms with Gasteiger partial charge in [-0.2, -0.15) is 0 Å². The van der Waals surface area contributed by atoms with Gasteiger partial charge in [0.25, 0.3) is 0 Å². The zero-order valence-corrected chi connectivity index (χ0v) is 91.2. The van der Waals surface area contributed by atoms with Gasteiger partial charge in [0, 0.05) is 196 Å². The molecule has 42 heteroatoms. The molecule has 0 aliphatic heterocycles. The van der Waals surface area contributed by atoms with Crippen LogP contribution in [0.25, 0.3) is 234 Å². The second-order valence-corrected chi connectivity index (χ2v) is 33.0. The van der Waals surface area contributed by atoms with Crippen LogP contribution >= 0.6 is 0 Å². The minimum absolute atomic E-state index is 0. The van der Waals surface area contributed by atoms with Gasteiger partial charge in [0.15, 0.2) is 0 Å². The summed E-state index contributed by atoms with van der Waals surface area (Å²) in [6, 6.07) is 32.2. The number of hydrogen-bond donors (Lipinski definition) is 0. The predicted molar refractivity (Wildman–Crippen MR) is 505 cm³/mol. The minimum Gasteiger partial charge on any atom is -0.509 e. The third kappa shape index (κ3) is 18.1. The van der Waals surface area contributed by atoms with Crippen molar-refractivity contribution in [2.24, 2.45) is 63.4 Å². The molecule has 0 spiro atoms. The third-order valence-corrected chi connectivity index (χ3v) is 23.9. The second kappa shape index (κ2) is 41.2. The molecule has 30 aromatic rings. The molecule has 0 saturated carbocycles. The van der Waals surface area contributed by atoms with Gasteiger partial charge in [0.05, 0.1) is 111 Å². The Labute approximate surface area is 916 Å². The molecule has 744 valence electrons. The van der Waals surface area contributed by atoms with Crippen LogP contribution in [0.3, 0.4) is 0 Å². The number of nitrogens with zero attached hydrogens (tertiary/aromatic N) is 24. The number of fused-ring (bicyclic) bond motifs is 12. The van der Waals surface area contributed by atoms with E-state index in [4.69, 9.17) is 53.0 Å². The van der Waals surface area contributed by atoms with Gasteiger partial charge in [-0.1, -0.05) is 175 Å². The maximum atomic E-state index is 5.73. The molecule has 0 saturated heterocycles. The quantitative estimate of drug-likeness (QED) is 0.0810. The average molecular weight is 3030 g/mol. The number of hydrogen-bond acceptors (Lipinski definition) is 21. The molecule has 0 unspecified atom stereocenters. The van der Waals surface area contributed by atoms with E-state index < -0.39 is 0 Å². The summed E-state index contributed by atoms with van der Waals surface area (Å²) in [6.45, 7) is 0. The van der Waals surface area contributed by atoms with Crippen LogP contribution in [-0.2, 0) is 190 Å². The molecule has 147 heavy (non-hydrogen) atoms. The molecule has 0 amide bonds. The van der Waals surface area contributed by atoms with E-state index >= 15 is 0 Å². The van der Waals surface area contributed by atoms with Crippen LogP contribution in [0, 0.1) is 93.0 Å². The topological polar surface area (TPSA) is 344 Å². The van der Waals surface area contributed by atoms with Gasteiger partial charge in [-0.15, -0.1) is 55.0 Å². The molecule has 24 aromatic heterocycles. The molecule has 6 aromatic carbocycles. The molecule has 0 bridgehead atoms. The Morgan fingerprint density at radius 2 is 0.456 bits per heavy atom.